The van der Waals surface area contributed by atoms with Gasteiger partial charge in [0.25, 0.3) is 0 Å². The van der Waals surface area contributed by atoms with E-state index in [4.69, 9.17) is 9.47 Å². The predicted octanol–water partition coefficient (Wildman–Crippen LogP) is 0.968. The number of cyclic esters (lactones) is 1. The average Bonchev–Trinajstić information content (AvgIpc) is 2.95. The molecule has 1 aromatic carbocycles. The fourth-order valence-corrected chi connectivity index (χ4v) is 2.72. The quantitative estimate of drug-likeness (QED) is 0.838. The molecule has 0 aliphatic carbocycles. The lowest BCUT2D eigenvalue weighted by Crippen LogP contribution is -2.36. The highest BCUT2D eigenvalue weighted by atomic mass is 16.5. The summed E-state index contributed by atoms with van der Waals surface area (Å²) in [7, 11) is 0. The van der Waals surface area contributed by atoms with Crippen LogP contribution in [0.1, 0.15) is 12.5 Å². The second kappa shape index (κ2) is 6.83. The predicted molar refractivity (Wildman–Crippen MR) is 86.0 cm³/mol. The van der Waals surface area contributed by atoms with E-state index >= 15 is 0 Å². The van der Waals surface area contributed by atoms with E-state index < -0.39 is 6.10 Å². The topological polar surface area (TPSA) is 67.9 Å². The minimum atomic E-state index is -0.402. The smallest absolute Gasteiger partial charge is 0.339 e. The molecule has 1 fully saturated rings. The van der Waals surface area contributed by atoms with E-state index in [0.29, 0.717) is 12.1 Å². The molecule has 1 amide bonds. The molecule has 0 saturated carbocycles. The van der Waals surface area contributed by atoms with Crippen molar-refractivity contribution in [2.45, 2.75) is 13.0 Å². The Morgan fingerprint density at radius 2 is 1.96 bits per heavy atom. The molecule has 2 aliphatic heterocycles. The van der Waals surface area contributed by atoms with Crippen molar-refractivity contribution >= 4 is 23.1 Å². The lowest BCUT2D eigenvalue weighted by molar-refractivity contribution is -0.138. The second-order valence-electron chi connectivity index (χ2n) is 5.61. The van der Waals surface area contributed by atoms with Gasteiger partial charge in [-0.1, -0.05) is 12.1 Å². The monoisotopic (exact) mass is 316 g/mol. The Kier molecular flexibility index (Phi) is 4.62. The number of rotatable bonds is 4. The van der Waals surface area contributed by atoms with Crippen molar-refractivity contribution in [1.29, 1.82) is 0 Å². The first-order chi connectivity index (χ1) is 11.1. The molecule has 0 spiro atoms. The summed E-state index contributed by atoms with van der Waals surface area (Å²) < 4.78 is 10.6. The van der Waals surface area contributed by atoms with E-state index in [1.54, 1.807) is 6.08 Å². The summed E-state index contributed by atoms with van der Waals surface area (Å²) in [5.41, 5.74) is 2.50. The van der Waals surface area contributed by atoms with Crippen molar-refractivity contribution < 1.29 is 19.1 Å². The van der Waals surface area contributed by atoms with Crippen LogP contribution in [-0.4, -0.2) is 50.8 Å². The van der Waals surface area contributed by atoms with Crippen LogP contribution in [0.2, 0.25) is 0 Å². The Labute approximate surface area is 135 Å². The number of anilines is 1. The molecule has 23 heavy (non-hydrogen) atoms. The summed E-state index contributed by atoms with van der Waals surface area (Å²) in [6.07, 6.45) is 1.36. The van der Waals surface area contributed by atoms with Crippen LogP contribution >= 0.6 is 0 Å². The van der Waals surface area contributed by atoms with Gasteiger partial charge in [0, 0.05) is 25.7 Å². The summed E-state index contributed by atoms with van der Waals surface area (Å²) >= 11 is 0. The fraction of sp³-hybridized carbons (Fsp3) is 0.412. The molecule has 6 heteroatoms. The van der Waals surface area contributed by atoms with Crippen LogP contribution in [0.3, 0.4) is 0 Å². The Bertz CT molecular complexity index is 618. The van der Waals surface area contributed by atoms with Crippen LogP contribution < -0.4 is 10.2 Å². The molecule has 2 aliphatic rings. The van der Waals surface area contributed by atoms with Crippen LogP contribution in [0.5, 0.6) is 0 Å². The van der Waals surface area contributed by atoms with Crippen molar-refractivity contribution in [3.05, 3.63) is 35.9 Å². The Hall–Kier alpha value is -2.34. The molecule has 0 unspecified atom stereocenters. The van der Waals surface area contributed by atoms with Gasteiger partial charge in [0.15, 0.2) is 0 Å². The Balaban J connectivity index is 1.69. The molecule has 1 aromatic rings. The molecule has 1 atom stereocenters. The van der Waals surface area contributed by atoms with E-state index in [0.717, 1.165) is 37.6 Å². The van der Waals surface area contributed by atoms with Gasteiger partial charge in [0.1, 0.15) is 6.10 Å². The molecule has 1 N–H and O–H groups in total. The summed E-state index contributed by atoms with van der Waals surface area (Å²) in [4.78, 5) is 25.2. The van der Waals surface area contributed by atoms with Gasteiger partial charge < -0.3 is 19.7 Å². The van der Waals surface area contributed by atoms with Crippen molar-refractivity contribution in [3.8, 4) is 0 Å². The maximum atomic E-state index is 12.0. The van der Waals surface area contributed by atoms with Crippen LogP contribution in [0, 0.1) is 0 Å². The third-order valence-electron chi connectivity index (χ3n) is 3.94. The van der Waals surface area contributed by atoms with E-state index in [2.05, 4.69) is 10.2 Å². The first kappa shape index (κ1) is 15.6. The number of morpholine rings is 1. The van der Waals surface area contributed by atoms with E-state index in [9.17, 15) is 9.59 Å². The SMILES string of the molecule is CC(=O)NC[C@H]1C=C(c2ccc(N3CCOCC3)cc2)C(=O)O1. The molecule has 2 heterocycles. The Morgan fingerprint density at radius 1 is 1.26 bits per heavy atom. The molecule has 122 valence electrons. The van der Waals surface area contributed by atoms with Crippen LogP contribution in [0.15, 0.2) is 30.3 Å². The fourth-order valence-electron chi connectivity index (χ4n) is 2.72. The maximum Gasteiger partial charge on any atom is 0.339 e. The normalized spacial score (nSPS) is 20.9. The van der Waals surface area contributed by atoms with Crippen molar-refractivity contribution in [2.75, 3.05) is 37.7 Å². The number of carbonyl (C=O) groups is 2. The highest BCUT2D eigenvalue weighted by molar-refractivity contribution is 6.18. The highest BCUT2D eigenvalue weighted by Crippen LogP contribution is 2.26. The van der Waals surface area contributed by atoms with Gasteiger partial charge >= 0.3 is 5.97 Å². The van der Waals surface area contributed by atoms with Crippen LogP contribution in [0.4, 0.5) is 5.69 Å². The number of nitrogens with one attached hydrogen (secondary N) is 1. The molecule has 1 saturated heterocycles. The largest absolute Gasteiger partial charge is 0.453 e. The van der Waals surface area contributed by atoms with Gasteiger partial charge in [0.05, 0.1) is 25.3 Å². The zero-order chi connectivity index (χ0) is 16.2. The van der Waals surface area contributed by atoms with Crippen molar-refractivity contribution in [1.82, 2.24) is 5.32 Å². The van der Waals surface area contributed by atoms with E-state index in [-0.39, 0.29) is 11.9 Å². The zero-order valence-electron chi connectivity index (χ0n) is 13.1. The number of hydrogen-bond donors (Lipinski definition) is 1. The lowest BCUT2D eigenvalue weighted by Gasteiger charge is -2.28. The molecule has 3 rings (SSSR count). The first-order valence-electron chi connectivity index (χ1n) is 7.74. The van der Waals surface area contributed by atoms with Crippen LogP contribution in [-0.2, 0) is 19.1 Å². The number of amides is 1. The molecule has 0 bridgehead atoms. The molecule has 0 aromatic heterocycles. The van der Waals surface area contributed by atoms with Gasteiger partial charge in [-0.25, -0.2) is 4.79 Å². The van der Waals surface area contributed by atoms with Gasteiger partial charge in [-0.15, -0.1) is 0 Å². The minimum Gasteiger partial charge on any atom is -0.453 e. The molecule has 6 nitrogen and oxygen atoms in total. The van der Waals surface area contributed by atoms with E-state index in [1.807, 2.05) is 24.3 Å². The third-order valence-corrected chi connectivity index (χ3v) is 3.94. The highest BCUT2D eigenvalue weighted by Gasteiger charge is 2.26. The summed E-state index contributed by atoms with van der Waals surface area (Å²) in [5, 5.41) is 2.65. The van der Waals surface area contributed by atoms with Crippen molar-refractivity contribution in [2.24, 2.45) is 0 Å². The minimum absolute atomic E-state index is 0.141. The number of esters is 1. The third kappa shape index (κ3) is 3.71. The molecule has 0 radical (unpaired) electrons. The number of ether oxygens (including phenoxy) is 2. The summed E-state index contributed by atoms with van der Waals surface area (Å²) in [5.74, 6) is -0.489. The number of nitrogens with zero attached hydrogens (tertiary/aromatic N) is 1. The standard InChI is InChI=1S/C17H20N2O4/c1-12(20)18-11-15-10-16(17(21)23-15)13-2-4-14(5-3-13)19-6-8-22-9-7-19/h2-5,10,15H,6-9,11H2,1H3,(H,18,20)/t15-/m1/s1. The first-order valence-corrected chi connectivity index (χ1v) is 7.74. The molecular weight excluding hydrogens is 296 g/mol. The van der Waals surface area contributed by atoms with E-state index in [1.165, 1.54) is 6.92 Å². The van der Waals surface area contributed by atoms with Gasteiger partial charge in [0.2, 0.25) is 5.91 Å². The zero-order valence-corrected chi connectivity index (χ0v) is 13.1. The van der Waals surface area contributed by atoms with Crippen LogP contribution in [0.25, 0.3) is 5.57 Å². The van der Waals surface area contributed by atoms with Crippen molar-refractivity contribution in [3.63, 3.8) is 0 Å². The number of benzene rings is 1. The summed E-state index contributed by atoms with van der Waals surface area (Å²) in [6, 6.07) is 7.88. The maximum absolute atomic E-state index is 12.0. The van der Waals surface area contributed by atoms with Gasteiger partial charge in [-0.2, -0.15) is 0 Å². The second-order valence-corrected chi connectivity index (χ2v) is 5.61. The lowest BCUT2D eigenvalue weighted by atomic mass is 10.1. The average molecular weight is 316 g/mol. The molecular formula is C17H20N2O4. The number of hydrogen-bond acceptors (Lipinski definition) is 5. The van der Waals surface area contributed by atoms with Gasteiger partial charge in [-0.05, 0) is 23.8 Å². The van der Waals surface area contributed by atoms with Gasteiger partial charge in [-0.3, -0.25) is 4.79 Å². The summed E-state index contributed by atoms with van der Waals surface area (Å²) in [6.45, 7) is 4.97. The number of carbonyl (C=O) groups excluding carboxylic acids is 2. The Morgan fingerprint density at radius 3 is 2.61 bits per heavy atom.